The quantitative estimate of drug-likeness (QED) is 0.454. The summed E-state index contributed by atoms with van der Waals surface area (Å²) in [6.07, 6.45) is -0.434. The van der Waals surface area contributed by atoms with Gasteiger partial charge in [0.1, 0.15) is 0 Å². The number of ether oxygens (including phenoxy) is 1. The maximum Gasteiger partial charge on any atom is 0.340 e. The van der Waals surface area contributed by atoms with E-state index < -0.39 is 6.10 Å². The van der Waals surface area contributed by atoms with Crippen LogP contribution in [0.3, 0.4) is 0 Å². The second kappa shape index (κ2) is 8.13. The van der Waals surface area contributed by atoms with Gasteiger partial charge in [0, 0.05) is 30.1 Å². The molecule has 0 radical (unpaired) electrons. The third kappa shape index (κ3) is 3.78. The maximum absolute atomic E-state index is 13.1. The van der Waals surface area contributed by atoms with Crippen molar-refractivity contribution in [1.29, 1.82) is 0 Å². The molecule has 1 aliphatic carbocycles. The first-order chi connectivity index (χ1) is 14.1. The number of hydrogen-bond donors (Lipinski definition) is 0. The molecular formula is C24H21NO3S. The Bertz CT molecular complexity index is 1030. The highest BCUT2D eigenvalue weighted by Crippen LogP contribution is 2.45. The average molecular weight is 404 g/mol. The van der Waals surface area contributed by atoms with E-state index in [1.165, 1.54) is 11.8 Å². The van der Waals surface area contributed by atoms with Gasteiger partial charge in [-0.3, -0.25) is 4.79 Å². The van der Waals surface area contributed by atoms with Gasteiger partial charge in [0.15, 0.2) is 6.10 Å². The van der Waals surface area contributed by atoms with E-state index in [1.54, 1.807) is 25.1 Å². The molecule has 3 aromatic rings. The van der Waals surface area contributed by atoms with E-state index in [0.717, 1.165) is 27.1 Å². The van der Waals surface area contributed by atoms with Gasteiger partial charge in [0.2, 0.25) is 5.91 Å². The molecule has 4 rings (SSSR count). The Labute approximate surface area is 174 Å². The number of fused-ring (bicyclic) bond motifs is 3. The monoisotopic (exact) mass is 403 g/mol. The van der Waals surface area contributed by atoms with E-state index in [0.29, 0.717) is 5.56 Å². The largest absolute Gasteiger partial charge is 0.449 e. The molecule has 3 aromatic carbocycles. The molecule has 29 heavy (non-hydrogen) atoms. The molecule has 0 atom stereocenters. The first-order valence-corrected chi connectivity index (χ1v) is 10.4. The van der Waals surface area contributed by atoms with Gasteiger partial charge < -0.3 is 9.64 Å². The summed E-state index contributed by atoms with van der Waals surface area (Å²) >= 11 is 1.35. The van der Waals surface area contributed by atoms with Crippen molar-refractivity contribution in [2.24, 2.45) is 0 Å². The summed E-state index contributed by atoms with van der Waals surface area (Å²) in [6.45, 7) is 0. The molecular weight excluding hydrogens is 382 g/mol. The van der Waals surface area contributed by atoms with Crippen molar-refractivity contribution in [3.8, 4) is 11.1 Å². The Morgan fingerprint density at radius 1 is 0.862 bits per heavy atom. The van der Waals surface area contributed by atoms with Gasteiger partial charge in [-0.25, -0.2) is 4.79 Å². The lowest BCUT2D eigenvalue weighted by Gasteiger charge is -2.17. The van der Waals surface area contributed by atoms with Gasteiger partial charge in [-0.05, 0) is 23.3 Å². The van der Waals surface area contributed by atoms with Crippen molar-refractivity contribution < 1.29 is 14.3 Å². The highest BCUT2D eigenvalue weighted by atomic mass is 32.2. The molecule has 0 N–H and O–H groups in total. The Morgan fingerprint density at radius 2 is 1.41 bits per heavy atom. The van der Waals surface area contributed by atoms with E-state index in [4.69, 9.17) is 4.74 Å². The Hall–Kier alpha value is -3.05. The minimum Gasteiger partial charge on any atom is -0.449 e. The zero-order chi connectivity index (χ0) is 20.4. The maximum atomic E-state index is 13.1. The van der Waals surface area contributed by atoms with Gasteiger partial charge in [0.25, 0.3) is 0 Å². The molecule has 0 fully saturated rings. The Kier molecular flexibility index (Phi) is 5.41. The van der Waals surface area contributed by atoms with Crippen molar-refractivity contribution in [3.05, 3.63) is 89.5 Å². The predicted molar refractivity (Wildman–Crippen MR) is 115 cm³/mol. The highest BCUT2D eigenvalue weighted by Gasteiger charge is 2.31. The van der Waals surface area contributed by atoms with Gasteiger partial charge in [-0.1, -0.05) is 60.7 Å². The fourth-order valence-corrected chi connectivity index (χ4v) is 4.46. The molecule has 1 amide bonds. The van der Waals surface area contributed by atoms with Gasteiger partial charge in [-0.2, -0.15) is 0 Å². The van der Waals surface area contributed by atoms with Crippen molar-refractivity contribution >= 4 is 23.6 Å². The number of carbonyl (C=O) groups excluding carboxylic acids is 2. The minimum absolute atomic E-state index is 0.00295. The summed E-state index contributed by atoms with van der Waals surface area (Å²) in [7, 11) is 3.44. The highest BCUT2D eigenvalue weighted by molar-refractivity contribution is 8.00. The van der Waals surface area contributed by atoms with E-state index in [1.807, 2.05) is 54.6 Å². The second-order valence-electron chi connectivity index (χ2n) is 7.03. The number of nitrogens with zero attached hydrogens (tertiary/aromatic N) is 1. The number of rotatable bonds is 5. The van der Waals surface area contributed by atoms with Crippen LogP contribution >= 0.6 is 11.8 Å². The number of amides is 1. The lowest BCUT2D eigenvalue weighted by Crippen LogP contribution is -2.23. The van der Waals surface area contributed by atoms with Crippen LogP contribution in [0.1, 0.15) is 27.6 Å². The number of thioether (sulfide) groups is 1. The van der Waals surface area contributed by atoms with Crippen LogP contribution in [0.25, 0.3) is 11.1 Å². The smallest absolute Gasteiger partial charge is 0.340 e. The fraction of sp³-hybridized carbons (Fsp3) is 0.167. The Balaban J connectivity index is 1.60. The van der Waals surface area contributed by atoms with Crippen LogP contribution in [-0.2, 0) is 9.53 Å². The second-order valence-corrected chi connectivity index (χ2v) is 8.05. The standard InChI is InChI=1S/C24H21NO3S/c1-25(2)22(26)15-29-21-14-8-7-13-20(21)24(27)28-23-18-11-5-3-9-16(18)17-10-4-6-12-19(17)23/h3-14,23H,15H2,1-2H3. The molecule has 0 saturated heterocycles. The lowest BCUT2D eigenvalue weighted by atomic mass is 10.1. The minimum atomic E-state index is -0.434. The third-order valence-corrected chi connectivity index (χ3v) is 6.02. The van der Waals surface area contributed by atoms with Crippen molar-refractivity contribution in [1.82, 2.24) is 4.90 Å². The van der Waals surface area contributed by atoms with Gasteiger partial charge in [0.05, 0.1) is 11.3 Å². The van der Waals surface area contributed by atoms with E-state index in [-0.39, 0.29) is 17.6 Å². The van der Waals surface area contributed by atoms with E-state index in [9.17, 15) is 9.59 Å². The van der Waals surface area contributed by atoms with Crippen LogP contribution in [0.15, 0.2) is 77.7 Å². The summed E-state index contributed by atoms with van der Waals surface area (Å²) in [5.74, 6) is -0.120. The van der Waals surface area contributed by atoms with Crippen LogP contribution < -0.4 is 0 Å². The average Bonchev–Trinajstić information content (AvgIpc) is 3.06. The topological polar surface area (TPSA) is 46.6 Å². The molecule has 0 aromatic heterocycles. The zero-order valence-electron chi connectivity index (χ0n) is 16.3. The molecule has 0 aliphatic heterocycles. The summed E-state index contributed by atoms with van der Waals surface area (Å²) in [6, 6.07) is 23.3. The summed E-state index contributed by atoms with van der Waals surface area (Å²) in [5.41, 5.74) is 4.66. The van der Waals surface area contributed by atoms with E-state index in [2.05, 4.69) is 12.1 Å². The molecule has 4 nitrogen and oxygen atoms in total. The molecule has 0 spiro atoms. The molecule has 0 heterocycles. The van der Waals surface area contributed by atoms with Crippen molar-refractivity contribution in [2.75, 3.05) is 19.8 Å². The van der Waals surface area contributed by atoms with Crippen molar-refractivity contribution in [3.63, 3.8) is 0 Å². The van der Waals surface area contributed by atoms with Gasteiger partial charge >= 0.3 is 5.97 Å². The normalized spacial score (nSPS) is 12.2. The summed E-state index contributed by atoms with van der Waals surface area (Å²) < 4.78 is 6.00. The first-order valence-electron chi connectivity index (χ1n) is 9.37. The predicted octanol–water partition coefficient (Wildman–Crippen LogP) is 4.79. The molecule has 146 valence electrons. The SMILES string of the molecule is CN(C)C(=O)CSc1ccccc1C(=O)OC1c2ccccc2-c2ccccc21. The number of esters is 1. The number of carbonyl (C=O) groups is 2. The number of hydrogen-bond acceptors (Lipinski definition) is 4. The summed E-state index contributed by atoms with van der Waals surface area (Å²) in [4.78, 5) is 27.3. The zero-order valence-corrected chi connectivity index (χ0v) is 17.1. The fourth-order valence-electron chi connectivity index (χ4n) is 3.44. The van der Waals surface area contributed by atoms with Crippen LogP contribution in [0.4, 0.5) is 0 Å². The molecule has 0 saturated carbocycles. The third-order valence-electron chi connectivity index (χ3n) is 4.96. The van der Waals surface area contributed by atoms with Crippen LogP contribution in [0.2, 0.25) is 0 Å². The lowest BCUT2D eigenvalue weighted by molar-refractivity contribution is -0.125. The summed E-state index contributed by atoms with van der Waals surface area (Å²) in [5, 5.41) is 0. The molecule has 1 aliphatic rings. The van der Waals surface area contributed by atoms with Crippen LogP contribution in [0.5, 0.6) is 0 Å². The van der Waals surface area contributed by atoms with Gasteiger partial charge in [-0.15, -0.1) is 11.8 Å². The molecule has 0 unspecified atom stereocenters. The Morgan fingerprint density at radius 3 is 2.03 bits per heavy atom. The van der Waals surface area contributed by atoms with Crippen molar-refractivity contribution in [2.45, 2.75) is 11.0 Å². The molecule has 5 heteroatoms. The van der Waals surface area contributed by atoms with E-state index >= 15 is 0 Å². The van der Waals surface area contributed by atoms with Crippen LogP contribution in [-0.4, -0.2) is 36.6 Å². The number of benzene rings is 3. The molecule has 0 bridgehead atoms. The van der Waals surface area contributed by atoms with Crippen LogP contribution in [0, 0.1) is 0 Å². The first kappa shape index (κ1) is 19.3.